The molecule has 3 heterocycles. The van der Waals surface area contributed by atoms with E-state index in [-0.39, 0.29) is 24.3 Å². The third kappa shape index (κ3) is 3.90. The molecule has 3 unspecified atom stereocenters. The fourth-order valence-electron chi connectivity index (χ4n) is 6.02. The maximum absolute atomic E-state index is 13.2. The zero-order valence-corrected chi connectivity index (χ0v) is 18.1. The van der Waals surface area contributed by atoms with Crippen molar-refractivity contribution in [2.45, 2.75) is 69.5 Å². The van der Waals surface area contributed by atoms with Crippen LogP contribution in [0.5, 0.6) is 0 Å². The van der Waals surface area contributed by atoms with Gasteiger partial charge in [0.2, 0.25) is 11.8 Å². The zero-order valence-electron chi connectivity index (χ0n) is 18.1. The monoisotopic (exact) mass is 424 g/mol. The summed E-state index contributed by atoms with van der Waals surface area (Å²) in [6.45, 7) is 1.44. The molecule has 0 radical (unpaired) electrons. The lowest BCUT2D eigenvalue weighted by molar-refractivity contribution is -0.144. The SMILES string of the molecule is O=C1NC2(CCC(=O)N(CC(=O)N3CCCC4CCCCC43)CC2)Nc2ccccc21. The molecular weight excluding hydrogens is 392 g/mol. The number of rotatable bonds is 2. The van der Waals surface area contributed by atoms with Crippen LogP contribution in [0.25, 0.3) is 0 Å². The van der Waals surface area contributed by atoms with E-state index in [0.29, 0.717) is 43.3 Å². The van der Waals surface area contributed by atoms with Crippen molar-refractivity contribution in [3.8, 4) is 0 Å². The number of anilines is 1. The smallest absolute Gasteiger partial charge is 0.255 e. The molecule has 5 rings (SSSR count). The predicted molar refractivity (Wildman–Crippen MR) is 117 cm³/mol. The van der Waals surface area contributed by atoms with Crippen LogP contribution in [0.4, 0.5) is 5.69 Å². The second-order valence-corrected chi connectivity index (χ2v) is 9.61. The highest BCUT2D eigenvalue weighted by Crippen LogP contribution is 2.36. The molecule has 1 aliphatic carbocycles. The van der Waals surface area contributed by atoms with Gasteiger partial charge in [-0.15, -0.1) is 0 Å². The Bertz CT molecular complexity index is 885. The van der Waals surface area contributed by atoms with Crippen molar-refractivity contribution < 1.29 is 14.4 Å². The van der Waals surface area contributed by atoms with Crippen molar-refractivity contribution in [2.75, 3.05) is 25.0 Å². The Morgan fingerprint density at radius 1 is 1.00 bits per heavy atom. The minimum Gasteiger partial charge on any atom is -0.362 e. The first-order valence-electron chi connectivity index (χ1n) is 11.8. The number of amides is 3. The van der Waals surface area contributed by atoms with Crippen molar-refractivity contribution >= 4 is 23.4 Å². The van der Waals surface area contributed by atoms with Crippen LogP contribution in [0.1, 0.15) is 68.1 Å². The summed E-state index contributed by atoms with van der Waals surface area (Å²) in [5.74, 6) is 0.614. The fourth-order valence-corrected chi connectivity index (χ4v) is 6.02. The molecule has 31 heavy (non-hydrogen) atoms. The first kappa shape index (κ1) is 20.3. The first-order valence-corrected chi connectivity index (χ1v) is 11.8. The average Bonchev–Trinajstić information content (AvgIpc) is 2.93. The molecule has 166 valence electrons. The lowest BCUT2D eigenvalue weighted by Gasteiger charge is -2.44. The number of hydrogen-bond donors (Lipinski definition) is 2. The van der Waals surface area contributed by atoms with E-state index in [0.717, 1.165) is 25.1 Å². The summed E-state index contributed by atoms with van der Waals surface area (Å²) in [7, 11) is 0. The number of nitrogens with one attached hydrogen (secondary N) is 2. The van der Waals surface area contributed by atoms with Crippen molar-refractivity contribution in [3.05, 3.63) is 29.8 Å². The van der Waals surface area contributed by atoms with Gasteiger partial charge in [-0.3, -0.25) is 14.4 Å². The van der Waals surface area contributed by atoms with E-state index in [1.165, 1.54) is 25.7 Å². The molecule has 3 aliphatic heterocycles. The van der Waals surface area contributed by atoms with Gasteiger partial charge >= 0.3 is 0 Å². The molecule has 3 atom stereocenters. The summed E-state index contributed by atoms with van der Waals surface area (Å²) < 4.78 is 0. The number of likely N-dealkylation sites (tertiary alicyclic amines) is 2. The van der Waals surface area contributed by atoms with Crippen LogP contribution >= 0.6 is 0 Å². The van der Waals surface area contributed by atoms with Crippen LogP contribution < -0.4 is 10.6 Å². The molecule has 7 heteroatoms. The van der Waals surface area contributed by atoms with E-state index in [2.05, 4.69) is 15.5 Å². The summed E-state index contributed by atoms with van der Waals surface area (Å²) in [5, 5.41) is 6.57. The van der Waals surface area contributed by atoms with Gasteiger partial charge in [-0.05, 0) is 50.2 Å². The summed E-state index contributed by atoms with van der Waals surface area (Å²) in [5.41, 5.74) is 0.793. The third-order valence-electron chi connectivity index (χ3n) is 7.71. The number of carbonyl (C=O) groups excluding carboxylic acids is 3. The van der Waals surface area contributed by atoms with E-state index in [1.54, 1.807) is 11.0 Å². The molecule has 1 spiro atoms. The van der Waals surface area contributed by atoms with Crippen LogP contribution in [0.15, 0.2) is 24.3 Å². The van der Waals surface area contributed by atoms with Crippen LogP contribution in [0.2, 0.25) is 0 Å². The van der Waals surface area contributed by atoms with Gasteiger partial charge in [0.15, 0.2) is 0 Å². The molecule has 3 fully saturated rings. The van der Waals surface area contributed by atoms with E-state index >= 15 is 0 Å². The summed E-state index contributed by atoms with van der Waals surface area (Å²) in [4.78, 5) is 42.5. The Morgan fingerprint density at radius 2 is 1.81 bits per heavy atom. The lowest BCUT2D eigenvalue weighted by Crippen LogP contribution is -2.58. The molecule has 1 aromatic rings. The van der Waals surface area contributed by atoms with Crippen LogP contribution in [-0.4, -0.2) is 58.9 Å². The highest BCUT2D eigenvalue weighted by atomic mass is 16.2. The highest BCUT2D eigenvalue weighted by molar-refractivity contribution is 6.02. The Balaban J connectivity index is 1.26. The number of carbonyl (C=O) groups is 3. The van der Waals surface area contributed by atoms with Gasteiger partial charge in [-0.2, -0.15) is 0 Å². The predicted octanol–water partition coefficient (Wildman–Crippen LogP) is 2.73. The van der Waals surface area contributed by atoms with Crippen LogP contribution in [-0.2, 0) is 9.59 Å². The Morgan fingerprint density at radius 3 is 2.71 bits per heavy atom. The first-order chi connectivity index (χ1) is 15.0. The molecule has 0 aromatic heterocycles. The van der Waals surface area contributed by atoms with E-state index in [1.807, 2.05) is 18.2 Å². The molecule has 4 aliphatic rings. The maximum atomic E-state index is 13.2. The Hall–Kier alpha value is -2.57. The minimum atomic E-state index is -0.640. The fraction of sp³-hybridized carbons (Fsp3) is 0.625. The highest BCUT2D eigenvalue weighted by Gasteiger charge is 2.41. The number of hydrogen-bond acceptors (Lipinski definition) is 4. The second kappa shape index (κ2) is 8.17. The summed E-state index contributed by atoms with van der Waals surface area (Å²) in [6, 6.07) is 7.82. The quantitative estimate of drug-likeness (QED) is 0.765. The van der Waals surface area contributed by atoms with Gasteiger partial charge < -0.3 is 20.4 Å². The Labute approximate surface area is 183 Å². The number of nitrogens with zero attached hydrogens (tertiary/aromatic N) is 2. The van der Waals surface area contributed by atoms with Crippen LogP contribution in [0.3, 0.4) is 0 Å². The third-order valence-corrected chi connectivity index (χ3v) is 7.71. The average molecular weight is 425 g/mol. The second-order valence-electron chi connectivity index (χ2n) is 9.61. The number of fused-ring (bicyclic) bond motifs is 2. The molecule has 3 amide bonds. The van der Waals surface area contributed by atoms with E-state index in [4.69, 9.17) is 0 Å². The molecule has 2 N–H and O–H groups in total. The molecule has 2 saturated heterocycles. The van der Waals surface area contributed by atoms with Gasteiger partial charge in [0.1, 0.15) is 5.66 Å². The number of para-hydroxylation sites is 1. The molecule has 7 nitrogen and oxygen atoms in total. The van der Waals surface area contributed by atoms with Crippen molar-refractivity contribution in [3.63, 3.8) is 0 Å². The van der Waals surface area contributed by atoms with Crippen molar-refractivity contribution in [1.82, 2.24) is 15.1 Å². The lowest BCUT2D eigenvalue weighted by atomic mass is 9.78. The van der Waals surface area contributed by atoms with Gasteiger partial charge in [0, 0.05) is 37.7 Å². The van der Waals surface area contributed by atoms with Crippen molar-refractivity contribution in [2.24, 2.45) is 5.92 Å². The van der Waals surface area contributed by atoms with E-state index < -0.39 is 5.66 Å². The number of benzene rings is 1. The minimum absolute atomic E-state index is 0.00247. The van der Waals surface area contributed by atoms with Gasteiger partial charge in [0.25, 0.3) is 5.91 Å². The molecule has 0 bridgehead atoms. The molecule has 1 aromatic carbocycles. The van der Waals surface area contributed by atoms with Crippen LogP contribution in [0, 0.1) is 5.92 Å². The number of piperidine rings is 1. The van der Waals surface area contributed by atoms with E-state index in [9.17, 15) is 14.4 Å². The molecule has 1 saturated carbocycles. The zero-order chi connectivity index (χ0) is 21.4. The summed E-state index contributed by atoms with van der Waals surface area (Å²) >= 11 is 0. The Kier molecular flexibility index (Phi) is 5.36. The van der Waals surface area contributed by atoms with Gasteiger partial charge in [-0.1, -0.05) is 25.0 Å². The van der Waals surface area contributed by atoms with Crippen molar-refractivity contribution in [1.29, 1.82) is 0 Å². The molecular formula is C24H32N4O3. The maximum Gasteiger partial charge on any atom is 0.255 e. The van der Waals surface area contributed by atoms with Gasteiger partial charge in [-0.25, -0.2) is 0 Å². The standard InChI is InChI=1S/C24H32N4O3/c29-21-11-12-24(25-19-9-3-2-8-18(19)23(31)26-24)13-15-27(21)16-22(30)28-14-5-7-17-6-1-4-10-20(17)28/h2-3,8-9,17,20,25H,1,4-7,10-16H2,(H,26,31). The summed E-state index contributed by atoms with van der Waals surface area (Å²) in [6.07, 6.45) is 8.51. The normalized spacial score (nSPS) is 30.7. The van der Waals surface area contributed by atoms with Gasteiger partial charge in [0.05, 0.1) is 12.1 Å². The topological polar surface area (TPSA) is 81.8 Å². The largest absolute Gasteiger partial charge is 0.362 e.